The molecule has 0 aliphatic carbocycles. The van der Waals surface area contributed by atoms with Gasteiger partial charge in [-0.3, -0.25) is 4.79 Å². The lowest BCUT2D eigenvalue weighted by molar-refractivity contribution is -0.121. The molecule has 0 radical (unpaired) electrons. The standard InChI is InChI=1S/C24H24N4O/c1-16-10-11-22(12-17(16)2)28-18(3)13-21(19(28)4)15-26-27-24(29)23(14-25)20-8-6-5-7-9-20/h5-13,15,23H,1-4H3,(H,27,29)/b26-15-/t23-/m0/s1. The molecule has 1 N–H and O–H groups in total. The average molecular weight is 384 g/mol. The largest absolute Gasteiger partial charge is 0.318 e. The summed E-state index contributed by atoms with van der Waals surface area (Å²) in [5.74, 6) is -1.34. The first-order valence-corrected chi connectivity index (χ1v) is 9.46. The van der Waals surface area contributed by atoms with Crippen LogP contribution in [0.4, 0.5) is 0 Å². The zero-order chi connectivity index (χ0) is 21.0. The summed E-state index contributed by atoms with van der Waals surface area (Å²) >= 11 is 0. The Morgan fingerprint density at radius 1 is 1.07 bits per heavy atom. The van der Waals surface area contributed by atoms with E-state index in [0.717, 1.165) is 22.6 Å². The molecule has 0 saturated carbocycles. The summed E-state index contributed by atoms with van der Waals surface area (Å²) in [5, 5.41) is 13.4. The second-order valence-electron chi connectivity index (χ2n) is 7.14. The predicted molar refractivity (Wildman–Crippen MR) is 115 cm³/mol. The van der Waals surface area contributed by atoms with Crippen LogP contribution < -0.4 is 5.43 Å². The Labute approximate surface area is 171 Å². The highest BCUT2D eigenvalue weighted by atomic mass is 16.2. The molecule has 146 valence electrons. The van der Waals surface area contributed by atoms with E-state index in [1.807, 2.05) is 32.0 Å². The van der Waals surface area contributed by atoms with Crippen molar-refractivity contribution in [3.05, 3.63) is 88.2 Å². The van der Waals surface area contributed by atoms with Gasteiger partial charge in [0.2, 0.25) is 0 Å². The molecule has 0 aliphatic heterocycles. The zero-order valence-corrected chi connectivity index (χ0v) is 17.1. The first kappa shape index (κ1) is 20.1. The number of nitrogens with one attached hydrogen (secondary N) is 1. The highest BCUT2D eigenvalue weighted by molar-refractivity contribution is 5.88. The van der Waals surface area contributed by atoms with Crippen molar-refractivity contribution in [1.29, 1.82) is 5.26 Å². The van der Waals surface area contributed by atoms with Gasteiger partial charge in [0.1, 0.15) is 0 Å². The normalized spacial score (nSPS) is 12.0. The van der Waals surface area contributed by atoms with Crippen LogP contribution in [0.2, 0.25) is 0 Å². The van der Waals surface area contributed by atoms with Gasteiger partial charge in [0.25, 0.3) is 5.91 Å². The van der Waals surface area contributed by atoms with Gasteiger partial charge in [-0.15, -0.1) is 0 Å². The van der Waals surface area contributed by atoms with E-state index in [4.69, 9.17) is 0 Å². The van der Waals surface area contributed by atoms with Crippen LogP contribution in [0.1, 0.15) is 39.6 Å². The number of amides is 1. The van der Waals surface area contributed by atoms with E-state index < -0.39 is 11.8 Å². The minimum absolute atomic E-state index is 0.446. The molecule has 3 aromatic rings. The number of aromatic nitrogens is 1. The Morgan fingerprint density at radius 2 is 1.79 bits per heavy atom. The third kappa shape index (κ3) is 4.27. The lowest BCUT2D eigenvalue weighted by Gasteiger charge is -2.11. The van der Waals surface area contributed by atoms with Crippen molar-refractivity contribution >= 4 is 12.1 Å². The second kappa shape index (κ2) is 8.57. The van der Waals surface area contributed by atoms with Crippen LogP contribution in [-0.4, -0.2) is 16.7 Å². The SMILES string of the molecule is Cc1ccc(-n2c(C)cc(/C=N\NC(=O)[C@@H](C#N)c3ccccc3)c2C)cc1C. The lowest BCUT2D eigenvalue weighted by Crippen LogP contribution is -2.24. The third-order valence-corrected chi connectivity index (χ3v) is 5.12. The lowest BCUT2D eigenvalue weighted by atomic mass is 10.0. The van der Waals surface area contributed by atoms with Crippen molar-refractivity contribution < 1.29 is 4.79 Å². The van der Waals surface area contributed by atoms with E-state index in [-0.39, 0.29) is 0 Å². The van der Waals surface area contributed by atoms with Crippen molar-refractivity contribution in [3.63, 3.8) is 0 Å². The minimum atomic E-state index is -0.892. The number of hydrazone groups is 1. The Hall–Kier alpha value is -3.65. The molecule has 1 heterocycles. The van der Waals surface area contributed by atoms with E-state index in [2.05, 4.69) is 47.1 Å². The average Bonchev–Trinajstić information content (AvgIpc) is 2.99. The van der Waals surface area contributed by atoms with Gasteiger partial charge in [0.05, 0.1) is 12.3 Å². The molecule has 1 amide bonds. The second-order valence-corrected chi connectivity index (χ2v) is 7.14. The van der Waals surface area contributed by atoms with Crippen molar-refractivity contribution in [1.82, 2.24) is 9.99 Å². The van der Waals surface area contributed by atoms with Crippen molar-refractivity contribution in [2.24, 2.45) is 5.10 Å². The third-order valence-electron chi connectivity index (χ3n) is 5.12. The summed E-state index contributed by atoms with van der Waals surface area (Å²) < 4.78 is 2.16. The Morgan fingerprint density at radius 3 is 2.45 bits per heavy atom. The molecule has 5 heteroatoms. The number of nitrogens with zero attached hydrogens (tertiary/aromatic N) is 3. The van der Waals surface area contributed by atoms with Crippen LogP contribution in [0.5, 0.6) is 0 Å². The van der Waals surface area contributed by atoms with E-state index in [9.17, 15) is 10.1 Å². The Kier molecular flexibility index (Phi) is 5.94. The molecular formula is C24H24N4O. The maximum absolute atomic E-state index is 12.4. The van der Waals surface area contributed by atoms with Crippen molar-refractivity contribution in [2.45, 2.75) is 33.6 Å². The first-order valence-electron chi connectivity index (χ1n) is 9.46. The van der Waals surface area contributed by atoms with Crippen LogP contribution in [0, 0.1) is 39.0 Å². The number of benzene rings is 2. The minimum Gasteiger partial charge on any atom is -0.318 e. The maximum Gasteiger partial charge on any atom is 0.261 e. The van der Waals surface area contributed by atoms with Crippen LogP contribution in [0.3, 0.4) is 0 Å². The monoisotopic (exact) mass is 384 g/mol. The fourth-order valence-electron chi connectivity index (χ4n) is 3.34. The molecule has 0 aliphatic rings. The summed E-state index contributed by atoms with van der Waals surface area (Å²) in [6.07, 6.45) is 1.62. The number of nitriles is 1. The summed E-state index contributed by atoms with van der Waals surface area (Å²) in [4.78, 5) is 12.4. The molecule has 0 spiro atoms. The topological polar surface area (TPSA) is 70.2 Å². The number of carbonyl (C=O) groups excluding carboxylic acids is 1. The van der Waals surface area contributed by atoms with E-state index >= 15 is 0 Å². The van der Waals surface area contributed by atoms with Gasteiger partial charge in [-0.25, -0.2) is 5.43 Å². The van der Waals surface area contributed by atoms with E-state index in [1.165, 1.54) is 11.1 Å². The maximum atomic E-state index is 12.4. The zero-order valence-electron chi connectivity index (χ0n) is 17.1. The number of hydrogen-bond donors (Lipinski definition) is 1. The molecule has 2 aromatic carbocycles. The van der Waals surface area contributed by atoms with Gasteiger partial charge in [-0.1, -0.05) is 36.4 Å². The van der Waals surface area contributed by atoms with Gasteiger partial charge in [-0.2, -0.15) is 10.4 Å². The molecule has 0 bridgehead atoms. The van der Waals surface area contributed by atoms with Crippen molar-refractivity contribution in [2.75, 3.05) is 0 Å². The molecule has 5 nitrogen and oxygen atoms in total. The summed E-state index contributed by atoms with van der Waals surface area (Å²) in [6, 6.07) is 19.4. The molecule has 29 heavy (non-hydrogen) atoms. The quantitative estimate of drug-likeness (QED) is 0.521. The fourth-order valence-corrected chi connectivity index (χ4v) is 3.34. The van der Waals surface area contributed by atoms with Gasteiger partial charge >= 0.3 is 0 Å². The van der Waals surface area contributed by atoms with Gasteiger partial charge in [-0.05, 0) is 62.6 Å². The van der Waals surface area contributed by atoms with Crippen LogP contribution in [-0.2, 0) is 4.79 Å². The molecule has 0 saturated heterocycles. The summed E-state index contributed by atoms with van der Waals surface area (Å²) in [6.45, 7) is 8.26. The van der Waals surface area contributed by atoms with Crippen molar-refractivity contribution in [3.8, 4) is 11.8 Å². The van der Waals surface area contributed by atoms with Gasteiger partial charge in [0.15, 0.2) is 5.92 Å². The van der Waals surface area contributed by atoms with Crippen LogP contribution >= 0.6 is 0 Å². The Balaban J connectivity index is 1.79. The van der Waals surface area contributed by atoms with Crippen LogP contribution in [0.15, 0.2) is 59.7 Å². The molecule has 1 atom stereocenters. The van der Waals surface area contributed by atoms with E-state index in [1.54, 1.807) is 30.5 Å². The number of aryl methyl sites for hydroxylation is 3. The molecule has 0 fully saturated rings. The summed E-state index contributed by atoms with van der Waals surface area (Å²) in [5.41, 5.74) is 9.75. The Bertz CT molecular complexity index is 1100. The predicted octanol–water partition coefficient (Wildman–Crippen LogP) is 4.47. The van der Waals surface area contributed by atoms with Gasteiger partial charge in [0, 0.05) is 22.6 Å². The van der Waals surface area contributed by atoms with E-state index in [0.29, 0.717) is 5.56 Å². The van der Waals surface area contributed by atoms with Crippen LogP contribution in [0.25, 0.3) is 5.69 Å². The molecule has 3 rings (SSSR count). The number of hydrogen-bond acceptors (Lipinski definition) is 3. The molecule has 0 unspecified atom stereocenters. The smallest absolute Gasteiger partial charge is 0.261 e. The first-order chi connectivity index (χ1) is 13.9. The highest BCUT2D eigenvalue weighted by Crippen LogP contribution is 2.22. The number of rotatable bonds is 5. The molecular weight excluding hydrogens is 360 g/mol. The number of carbonyl (C=O) groups is 1. The summed E-state index contributed by atoms with van der Waals surface area (Å²) in [7, 11) is 0. The molecule has 1 aromatic heterocycles. The highest BCUT2D eigenvalue weighted by Gasteiger charge is 2.19. The van der Waals surface area contributed by atoms with Gasteiger partial charge < -0.3 is 4.57 Å². The fraction of sp³-hybridized carbons (Fsp3) is 0.208.